The van der Waals surface area contributed by atoms with Gasteiger partial charge in [0.2, 0.25) is 10.0 Å². The highest BCUT2D eigenvalue weighted by Crippen LogP contribution is 2.60. The van der Waals surface area contributed by atoms with Gasteiger partial charge in [0.05, 0.1) is 17.4 Å². The first-order chi connectivity index (χ1) is 13.2. The number of ether oxygens (including phenoxy) is 1. The standard InChI is InChI=1S/C21H27NO5S/c1-22(28(2,25)26)18-5-3-17(4-6-18)19(23)13-27-20(24)21-10-14-7-15(11-21)9-16(8-14)12-21/h3-6,14-16H,7-13H2,1-2H3. The van der Waals surface area contributed by atoms with E-state index in [1.165, 1.54) is 26.3 Å². The van der Waals surface area contributed by atoms with Crippen LogP contribution >= 0.6 is 0 Å². The summed E-state index contributed by atoms with van der Waals surface area (Å²) in [7, 11) is -1.90. The van der Waals surface area contributed by atoms with Crippen molar-refractivity contribution in [2.24, 2.45) is 23.2 Å². The third-order valence-electron chi connectivity index (χ3n) is 6.86. The van der Waals surface area contributed by atoms with Gasteiger partial charge in [-0.3, -0.25) is 13.9 Å². The molecule has 0 amide bonds. The molecule has 28 heavy (non-hydrogen) atoms. The zero-order chi connectivity index (χ0) is 20.1. The summed E-state index contributed by atoms with van der Waals surface area (Å²) in [6.45, 7) is -0.262. The first kappa shape index (κ1) is 19.4. The number of sulfonamides is 1. The van der Waals surface area contributed by atoms with Gasteiger partial charge in [0.25, 0.3) is 0 Å². The summed E-state index contributed by atoms with van der Waals surface area (Å²) < 4.78 is 29.8. The Balaban J connectivity index is 1.37. The molecule has 0 atom stereocenters. The lowest BCUT2D eigenvalue weighted by atomic mass is 9.49. The van der Waals surface area contributed by atoms with E-state index in [1.54, 1.807) is 24.3 Å². The van der Waals surface area contributed by atoms with Crippen LogP contribution in [0.15, 0.2) is 24.3 Å². The van der Waals surface area contributed by atoms with E-state index >= 15 is 0 Å². The third-order valence-corrected chi connectivity index (χ3v) is 8.06. The van der Waals surface area contributed by atoms with E-state index in [4.69, 9.17) is 4.74 Å². The molecule has 0 heterocycles. The highest BCUT2D eigenvalue weighted by molar-refractivity contribution is 7.92. The predicted octanol–water partition coefficient (Wildman–Crippen LogP) is 3.02. The van der Waals surface area contributed by atoms with Crippen LogP contribution in [0.25, 0.3) is 0 Å². The minimum absolute atomic E-state index is 0.201. The van der Waals surface area contributed by atoms with Crippen molar-refractivity contribution in [3.63, 3.8) is 0 Å². The molecule has 0 aliphatic heterocycles. The fourth-order valence-electron chi connectivity index (χ4n) is 5.78. The number of hydrogen-bond donors (Lipinski definition) is 0. The van der Waals surface area contributed by atoms with Crippen molar-refractivity contribution in [3.8, 4) is 0 Å². The molecule has 1 aromatic rings. The van der Waals surface area contributed by atoms with Gasteiger partial charge >= 0.3 is 5.97 Å². The average Bonchev–Trinajstić information content (AvgIpc) is 2.63. The van der Waals surface area contributed by atoms with Crippen molar-refractivity contribution in [1.82, 2.24) is 0 Å². The lowest BCUT2D eigenvalue weighted by molar-refractivity contribution is -0.170. The Morgan fingerprint density at radius 3 is 2.00 bits per heavy atom. The molecule has 0 radical (unpaired) electrons. The molecule has 0 saturated heterocycles. The van der Waals surface area contributed by atoms with E-state index in [1.807, 2.05) is 0 Å². The summed E-state index contributed by atoms with van der Waals surface area (Å²) in [6.07, 6.45) is 7.62. The largest absolute Gasteiger partial charge is 0.457 e. The Labute approximate surface area is 166 Å². The average molecular weight is 406 g/mol. The normalized spacial score (nSPS) is 30.9. The van der Waals surface area contributed by atoms with Gasteiger partial charge in [0.15, 0.2) is 12.4 Å². The molecule has 7 heteroatoms. The molecular formula is C21H27NO5S. The van der Waals surface area contributed by atoms with Crippen LogP contribution < -0.4 is 4.31 Å². The quantitative estimate of drug-likeness (QED) is 0.537. The third kappa shape index (κ3) is 3.56. The van der Waals surface area contributed by atoms with Crippen LogP contribution in [0.4, 0.5) is 5.69 Å². The van der Waals surface area contributed by atoms with Crippen molar-refractivity contribution in [3.05, 3.63) is 29.8 Å². The number of nitrogens with zero attached hydrogens (tertiary/aromatic N) is 1. The summed E-state index contributed by atoms with van der Waals surface area (Å²) >= 11 is 0. The maximum atomic E-state index is 12.8. The summed E-state index contributed by atoms with van der Waals surface area (Å²) in [5.74, 6) is 1.47. The van der Waals surface area contributed by atoms with Gasteiger partial charge in [0, 0.05) is 12.6 Å². The fourth-order valence-corrected chi connectivity index (χ4v) is 6.28. The lowest BCUT2D eigenvalue weighted by Crippen LogP contribution is -2.50. The maximum Gasteiger partial charge on any atom is 0.312 e. The minimum atomic E-state index is -3.35. The molecule has 4 fully saturated rings. The summed E-state index contributed by atoms with van der Waals surface area (Å²) in [6, 6.07) is 6.29. The molecule has 6 nitrogen and oxygen atoms in total. The molecule has 0 unspecified atom stereocenters. The lowest BCUT2D eigenvalue weighted by Gasteiger charge is -2.55. The van der Waals surface area contributed by atoms with Gasteiger partial charge < -0.3 is 4.74 Å². The van der Waals surface area contributed by atoms with Gasteiger partial charge in [-0.05, 0) is 80.5 Å². The van der Waals surface area contributed by atoms with E-state index < -0.39 is 10.0 Å². The molecule has 152 valence electrons. The van der Waals surface area contributed by atoms with Crippen molar-refractivity contribution in [1.29, 1.82) is 0 Å². The second-order valence-electron chi connectivity index (χ2n) is 8.97. The number of Topliss-reactive ketones (excluding diaryl/α,β-unsaturated/α-hetero) is 1. The minimum Gasteiger partial charge on any atom is -0.457 e. The first-order valence-electron chi connectivity index (χ1n) is 9.91. The molecule has 1 aromatic carbocycles. The van der Waals surface area contributed by atoms with Crippen molar-refractivity contribution >= 4 is 27.5 Å². The molecule has 5 rings (SSSR count). The van der Waals surface area contributed by atoms with Gasteiger partial charge in [-0.1, -0.05) is 0 Å². The number of esters is 1. The molecular weight excluding hydrogens is 378 g/mol. The Kier molecular flexibility index (Phi) is 4.76. The number of ketones is 1. The molecule has 4 bridgehead atoms. The van der Waals surface area contributed by atoms with Crippen LogP contribution in [-0.4, -0.2) is 40.1 Å². The number of carbonyl (C=O) groups excluding carboxylic acids is 2. The van der Waals surface area contributed by atoms with Gasteiger partial charge in [-0.2, -0.15) is 0 Å². The van der Waals surface area contributed by atoms with E-state index in [0.717, 1.165) is 29.8 Å². The summed E-state index contributed by atoms with van der Waals surface area (Å²) in [4.78, 5) is 25.3. The van der Waals surface area contributed by atoms with Crippen LogP contribution in [0.5, 0.6) is 0 Å². The zero-order valence-electron chi connectivity index (χ0n) is 16.4. The Morgan fingerprint density at radius 1 is 1.04 bits per heavy atom. The topological polar surface area (TPSA) is 80.8 Å². The Bertz CT molecular complexity index is 855. The summed E-state index contributed by atoms with van der Waals surface area (Å²) in [5.41, 5.74) is 0.519. The second kappa shape index (κ2) is 6.87. The predicted molar refractivity (Wildman–Crippen MR) is 106 cm³/mol. The Hall–Kier alpha value is -1.89. The maximum absolute atomic E-state index is 12.8. The summed E-state index contributed by atoms with van der Waals surface area (Å²) in [5, 5.41) is 0. The Morgan fingerprint density at radius 2 is 1.54 bits per heavy atom. The first-order valence-corrected chi connectivity index (χ1v) is 11.8. The molecule has 4 aliphatic carbocycles. The second-order valence-corrected chi connectivity index (χ2v) is 11.0. The number of benzene rings is 1. The van der Waals surface area contributed by atoms with Crippen molar-refractivity contribution in [2.75, 3.05) is 24.2 Å². The van der Waals surface area contributed by atoms with E-state index in [-0.39, 0.29) is 23.8 Å². The van der Waals surface area contributed by atoms with Crippen LogP contribution in [0, 0.1) is 23.2 Å². The molecule has 0 N–H and O–H groups in total. The zero-order valence-corrected chi connectivity index (χ0v) is 17.2. The van der Waals surface area contributed by atoms with Crippen LogP contribution in [0.1, 0.15) is 48.9 Å². The molecule has 0 aromatic heterocycles. The molecule has 4 aliphatic rings. The van der Waals surface area contributed by atoms with E-state index in [2.05, 4.69) is 0 Å². The number of rotatable bonds is 6. The number of hydrogen-bond acceptors (Lipinski definition) is 5. The smallest absolute Gasteiger partial charge is 0.312 e. The monoisotopic (exact) mass is 405 g/mol. The highest BCUT2D eigenvalue weighted by Gasteiger charge is 2.55. The number of carbonyl (C=O) groups is 2. The fraction of sp³-hybridized carbons (Fsp3) is 0.619. The number of anilines is 1. The SMILES string of the molecule is CN(c1ccc(C(=O)COC(=O)C23CC4CC(CC(C4)C2)C3)cc1)S(C)(=O)=O. The van der Waals surface area contributed by atoms with Crippen LogP contribution in [0.2, 0.25) is 0 Å². The van der Waals surface area contributed by atoms with E-state index in [9.17, 15) is 18.0 Å². The van der Waals surface area contributed by atoms with Gasteiger partial charge in [-0.15, -0.1) is 0 Å². The van der Waals surface area contributed by atoms with Crippen molar-refractivity contribution < 1.29 is 22.7 Å². The highest BCUT2D eigenvalue weighted by atomic mass is 32.2. The molecule has 0 spiro atoms. The van der Waals surface area contributed by atoms with Gasteiger partial charge in [0.1, 0.15) is 0 Å². The van der Waals surface area contributed by atoms with Crippen LogP contribution in [0.3, 0.4) is 0 Å². The molecule has 4 saturated carbocycles. The van der Waals surface area contributed by atoms with Crippen LogP contribution in [-0.2, 0) is 19.6 Å². The van der Waals surface area contributed by atoms with Crippen molar-refractivity contribution in [2.45, 2.75) is 38.5 Å². The van der Waals surface area contributed by atoms with E-state index in [0.29, 0.717) is 29.0 Å². The van der Waals surface area contributed by atoms with Gasteiger partial charge in [-0.25, -0.2) is 8.42 Å².